The molecule has 0 radical (unpaired) electrons. The van der Waals surface area contributed by atoms with Crippen molar-refractivity contribution in [2.75, 3.05) is 0 Å². The molecule has 1 N–H and O–H groups in total. The Morgan fingerprint density at radius 2 is 1.38 bits per heavy atom. The second-order valence-electron chi connectivity index (χ2n) is 5.54. The van der Waals surface area contributed by atoms with Crippen LogP contribution in [0.2, 0.25) is 0 Å². The standard InChI is InChI=1S/C22H19NO/c1-17-10-8-9-15-20(17)21(23-19-13-6-3-7-14-19)16-22(24)18-11-4-2-5-12-18/h2-16,24H,1H3/b22-16-,23-21-. The fourth-order valence-electron chi connectivity index (χ4n) is 2.49. The highest BCUT2D eigenvalue weighted by Crippen LogP contribution is 2.19. The third-order valence-corrected chi connectivity index (χ3v) is 3.77. The lowest BCUT2D eigenvalue weighted by Gasteiger charge is -2.08. The first-order valence-electron chi connectivity index (χ1n) is 7.90. The van der Waals surface area contributed by atoms with E-state index < -0.39 is 0 Å². The van der Waals surface area contributed by atoms with E-state index in [9.17, 15) is 5.11 Å². The molecular formula is C22H19NO. The maximum absolute atomic E-state index is 10.5. The third-order valence-electron chi connectivity index (χ3n) is 3.77. The van der Waals surface area contributed by atoms with Crippen LogP contribution in [0.5, 0.6) is 0 Å². The number of aliphatic hydroxyl groups excluding tert-OH is 1. The van der Waals surface area contributed by atoms with Gasteiger partial charge in [0.05, 0.1) is 11.4 Å². The molecule has 3 rings (SSSR count). The van der Waals surface area contributed by atoms with Gasteiger partial charge in [0, 0.05) is 17.2 Å². The second-order valence-corrected chi connectivity index (χ2v) is 5.54. The summed E-state index contributed by atoms with van der Waals surface area (Å²) < 4.78 is 0. The molecule has 0 fully saturated rings. The van der Waals surface area contributed by atoms with E-state index in [2.05, 4.69) is 0 Å². The summed E-state index contributed by atoms with van der Waals surface area (Å²) in [5.74, 6) is 0.202. The van der Waals surface area contributed by atoms with Gasteiger partial charge >= 0.3 is 0 Å². The molecule has 0 aliphatic carbocycles. The number of aryl methyl sites for hydroxylation is 1. The summed E-state index contributed by atoms with van der Waals surface area (Å²) in [5.41, 5.74) is 4.48. The van der Waals surface area contributed by atoms with Gasteiger partial charge in [0.2, 0.25) is 0 Å². The van der Waals surface area contributed by atoms with Crippen molar-refractivity contribution in [3.8, 4) is 0 Å². The van der Waals surface area contributed by atoms with Gasteiger partial charge in [0.15, 0.2) is 0 Å². The van der Waals surface area contributed by atoms with E-state index in [1.54, 1.807) is 6.08 Å². The topological polar surface area (TPSA) is 32.6 Å². The highest BCUT2D eigenvalue weighted by atomic mass is 16.3. The van der Waals surface area contributed by atoms with E-state index in [1.807, 2.05) is 91.9 Å². The number of rotatable bonds is 4. The minimum atomic E-state index is 0.202. The van der Waals surface area contributed by atoms with Crippen LogP contribution in [0, 0.1) is 6.92 Å². The van der Waals surface area contributed by atoms with Crippen molar-refractivity contribution in [2.45, 2.75) is 6.92 Å². The molecule has 24 heavy (non-hydrogen) atoms. The number of nitrogens with zero attached hydrogens (tertiary/aromatic N) is 1. The van der Waals surface area contributed by atoms with Crippen LogP contribution in [0.4, 0.5) is 5.69 Å². The molecule has 0 saturated carbocycles. The molecule has 0 aliphatic rings. The van der Waals surface area contributed by atoms with Gasteiger partial charge in [-0.3, -0.25) is 0 Å². The molecule has 2 nitrogen and oxygen atoms in total. The minimum Gasteiger partial charge on any atom is -0.507 e. The number of hydrogen-bond donors (Lipinski definition) is 1. The fourth-order valence-corrected chi connectivity index (χ4v) is 2.49. The first-order valence-corrected chi connectivity index (χ1v) is 7.90. The van der Waals surface area contributed by atoms with Crippen molar-refractivity contribution >= 4 is 17.2 Å². The maximum Gasteiger partial charge on any atom is 0.124 e. The molecule has 2 heteroatoms. The van der Waals surface area contributed by atoms with Crippen molar-refractivity contribution in [1.29, 1.82) is 0 Å². The number of benzene rings is 3. The molecule has 0 spiro atoms. The highest BCUT2D eigenvalue weighted by molar-refractivity contribution is 6.13. The van der Waals surface area contributed by atoms with Crippen LogP contribution in [-0.4, -0.2) is 10.8 Å². The third kappa shape index (κ3) is 3.79. The average Bonchev–Trinajstić information content (AvgIpc) is 2.63. The number of para-hydroxylation sites is 1. The number of hydrogen-bond acceptors (Lipinski definition) is 2. The van der Waals surface area contributed by atoms with E-state index in [0.717, 1.165) is 28.1 Å². The summed E-state index contributed by atoms with van der Waals surface area (Å²) >= 11 is 0. The molecule has 0 unspecified atom stereocenters. The van der Waals surface area contributed by atoms with Gasteiger partial charge < -0.3 is 5.11 Å². The lowest BCUT2D eigenvalue weighted by atomic mass is 10.0. The second kappa shape index (κ2) is 7.42. The van der Waals surface area contributed by atoms with E-state index in [1.165, 1.54) is 0 Å². The van der Waals surface area contributed by atoms with Crippen LogP contribution >= 0.6 is 0 Å². The van der Waals surface area contributed by atoms with Gasteiger partial charge in [-0.05, 0) is 24.6 Å². The first-order chi connectivity index (χ1) is 11.7. The van der Waals surface area contributed by atoms with Crippen LogP contribution in [0.25, 0.3) is 5.76 Å². The lowest BCUT2D eigenvalue weighted by molar-refractivity contribution is 0.512. The summed E-state index contributed by atoms with van der Waals surface area (Å²) in [6.07, 6.45) is 1.73. The van der Waals surface area contributed by atoms with Crippen LogP contribution < -0.4 is 0 Å². The summed E-state index contributed by atoms with van der Waals surface area (Å²) in [7, 11) is 0. The van der Waals surface area contributed by atoms with E-state index in [4.69, 9.17) is 4.99 Å². The van der Waals surface area contributed by atoms with Crippen molar-refractivity contribution in [3.63, 3.8) is 0 Å². The predicted octanol–water partition coefficient (Wildman–Crippen LogP) is 5.71. The molecule has 3 aromatic carbocycles. The monoisotopic (exact) mass is 313 g/mol. The molecule has 0 heterocycles. The zero-order chi connectivity index (χ0) is 16.8. The number of aliphatic imine (C=N–C) groups is 1. The highest BCUT2D eigenvalue weighted by Gasteiger charge is 2.07. The van der Waals surface area contributed by atoms with Gasteiger partial charge in [-0.25, -0.2) is 4.99 Å². The number of aliphatic hydroxyl groups is 1. The van der Waals surface area contributed by atoms with E-state index in [0.29, 0.717) is 0 Å². The first kappa shape index (κ1) is 15.8. The van der Waals surface area contributed by atoms with Crippen molar-refractivity contribution in [1.82, 2.24) is 0 Å². The lowest BCUT2D eigenvalue weighted by Crippen LogP contribution is -2.01. The summed E-state index contributed by atoms with van der Waals surface area (Å²) in [4.78, 5) is 4.74. The smallest absolute Gasteiger partial charge is 0.124 e. The van der Waals surface area contributed by atoms with Crippen molar-refractivity contribution in [3.05, 3.63) is 108 Å². The van der Waals surface area contributed by atoms with Gasteiger partial charge in [0.1, 0.15) is 5.76 Å². The quantitative estimate of drug-likeness (QED) is 0.485. The Morgan fingerprint density at radius 1 is 0.792 bits per heavy atom. The Balaban J connectivity index is 2.10. The SMILES string of the molecule is Cc1ccccc1C(/C=C(\O)c1ccccc1)=N\c1ccccc1. The Morgan fingerprint density at radius 3 is 2.04 bits per heavy atom. The zero-order valence-corrected chi connectivity index (χ0v) is 13.6. The van der Waals surface area contributed by atoms with Crippen LogP contribution in [0.15, 0.2) is 96.0 Å². The van der Waals surface area contributed by atoms with Gasteiger partial charge in [-0.2, -0.15) is 0 Å². The van der Waals surface area contributed by atoms with Gasteiger partial charge in [-0.15, -0.1) is 0 Å². The Bertz CT molecular complexity index is 865. The molecule has 0 bridgehead atoms. The Hall–Kier alpha value is -3.13. The average molecular weight is 313 g/mol. The molecule has 0 aromatic heterocycles. The molecule has 0 aliphatic heterocycles. The normalized spacial score (nSPS) is 12.2. The molecule has 0 saturated heterocycles. The summed E-state index contributed by atoms with van der Waals surface area (Å²) in [6, 6.07) is 27.3. The van der Waals surface area contributed by atoms with E-state index >= 15 is 0 Å². The molecule has 118 valence electrons. The minimum absolute atomic E-state index is 0.202. The van der Waals surface area contributed by atoms with Crippen molar-refractivity contribution < 1.29 is 5.11 Å². The zero-order valence-electron chi connectivity index (χ0n) is 13.6. The van der Waals surface area contributed by atoms with Crippen molar-refractivity contribution in [2.24, 2.45) is 4.99 Å². The molecule has 0 atom stereocenters. The van der Waals surface area contributed by atoms with Gasteiger partial charge in [0.25, 0.3) is 0 Å². The molecular weight excluding hydrogens is 294 g/mol. The predicted molar refractivity (Wildman–Crippen MR) is 101 cm³/mol. The number of allylic oxidation sites excluding steroid dienone is 1. The largest absolute Gasteiger partial charge is 0.507 e. The van der Waals surface area contributed by atoms with Crippen LogP contribution in [0.3, 0.4) is 0 Å². The Labute approximate surface area is 142 Å². The molecule has 3 aromatic rings. The maximum atomic E-state index is 10.5. The van der Waals surface area contributed by atoms with Gasteiger partial charge in [-0.1, -0.05) is 72.8 Å². The van der Waals surface area contributed by atoms with E-state index in [-0.39, 0.29) is 5.76 Å². The summed E-state index contributed by atoms with van der Waals surface area (Å²) in [5, 5.41) is 10.5. The molecule has 0 amide bonds. The fraction of sp³-hybridized carbons (Fsp3) is 0.0455. The van der Waals surface area contributed by atoms with Crippen LogP contribution in [-0.2, 0) is 0 Å². The summed E-state index contributed by atoms with van der Waals surface area (Å²) in [6.45, 7) is 2.04. The van der Waals surface area contributed by atoms with Crippen LogP contribution in [0.1, 0.15) is 16.7 Å². The Kier molecular flexibility index (Phi) is 4.87.